The van der Waals surface area contributed by atoms with Gasteiger partial charge >= 0.3 is 0 Å². The maximum absolute atomic E-state index is 13.6. The fraction of sp³-hybridized carbons (Fsp3) is 0.741. The molecule has 3 N–H and O–H groups in total. The second kappa shape index (κ2) is 9.67. The molecule has 9 heteroatoms. The molecule has 0 aromatic heterocycles. The number of hydrogen-bond donors (Lipinski definition) is 3. The molecule has 198 valence electrons. The van der Waals surface area contributed by atoms with Crippen molar-refractivity contribution in [3.8, 4) is 0 Å². The first-order valence-electron chi connectivity index (χ1n) is 13.4. The van der Waals surface area contributed by atoms with E-state index >= 15 is 0 Å². The van der Waals surface area contributed by atoms with Gasteiger partial charge in [-0.1, -0.05) is 12.1 Å². The first kappa shape index (κ1) is 25.6. The molecule has 0 radical (unpaired) electrons. The number of non-ortho nitro benzene ring substituents is 1. The average Bonchev–Trinajstić information content (AvgIpc) is 2.83. The Morgan fingerprint density at radius 3 is 2.47 bits per heavy atom. The highest BCUT2D eigenvalue weighted by Gasteiger charge is 2.60. The predicted molar refractivity (Wildman–Crippen MR) is 133 cm³/mol. The van der Waals surface area contributed by atoms with Crippen LogP contribution in [0.15, 0.2) is 24.3 Å². The molecule has 2 unspecified atom stereocenters. The first-order valence-corrected chi connectivity index (χ1v) is 13.4. The topological polar surface area (TPSA) is 125 Å². The number of nitrogens with one attached hydrogen (secondary N) is 1. The number of nitrogens with zero attached hydrogens (tertiary/aromatic N) is 2. The zero-order valence-corrected chi connectivity index (χ0v) is 21.3. The van der Waals surface area contributed by atoms with Gasteiger partial charge in [-0.25, -0.2) is 0 Å². The number of nitro groups is 1. The van der Waals surface area contributed by atoms with Gasteiger partial charge in [0.15, 0.2) is 6.29 Å². The van der Waals surface area contributed by atoms with Crippen molar-refractivity contribution in [1.82, 2.24) is 10.2 Å². The van der Waals surface area contributed by atoms with Gasteiger partial charge < -0.3 is 25.2 Å². The van der Waals surface area contributed by atoms with Crippen molar-refractivity contribution < 1.29 is 24.7 Å². The van der Waals surface area contributed by atoms with Crippen LogP contribution in [-0.4, -0.2) is 70.6 Å². The normalized spacial score (nSPS) is 39.4. The summed E-state index contributed by atoms with van der Waals surface area (Å²) >= 11 is 0. The summed E-state index contributed by atoms with van der Waals surface area (Å²) in [5.74, 6) is 1.21. The van der Waals surface area contributed by atoms with Crippen molar-refractivity contribution in [2.75, 3.05) is 20.1 Å². The highest BCUT2D eigenvalue weighted by Crippen LogP contribution is 2.65. The molecule has 1 aliphatic heterocycles. The van der Waals surface area contributed by atoms with E-state index in [1.54, 1.807) is 12.1 Å². The molecule has 6 rings (SSSR count). The number of carbonyl (C=O) groups excluding carboxylic acids is 1. The Kier molecular flexibility index (Phi) is 6.87. The second-order valence-electron chi connectivity index (χ2n) is 12.0. The van der Waals surface area contributed by atoms with E-state index in [4.69, 9.17) is 4.74 Å². The van der Waals surface area contributed by atoms with E-state index in [0.29, 0.717) is 31.3 Å². The van der Waals surface area contributed by atoms with Crippen LogP contribution in [-0.2, 0) is 14.9 Å². The number of rotatable bonds is 8. The summed E-state index contributed by atoms with van der Waals surface area (Å²) < 4.78 is 5.30. The number of likely N-dealkylation sites (N-methyl/N-ethyl adjacent to an activating group) is 1. The Morgan fingerprint density at radius 2 is 1.83 bits per heavy atom. The van der Waals surface area contributed by atoms with E-state index in [-0.39, 0.29) is 39.5 Å². The van der Waals surface area contributed by atoms with Crippen molar-refractivity contribution in [3.63, 3.8) is 0 Å². The van der Waals surface area contributed by atoms with Crippen LogP contribution >= 0.6 is 0 Å². The van der Waals surface area contributed by atoms with Crippen LogP contribution < -0.4 is 5.32 Å². The third-order valence-electron chi connectivity index (χ3n) is 9.40. The van der Waals surface area contributed by atoms with Gasteiger partial charge in [-0.15, -0.1) is 0 Å². The summed E-state index contributed by atoms with van der Waals surface area (Å²) in [4.78, 5) is 26.4. The molecule has 4 bridgehead atoms. The second-order valence-corrected chi connectivity index (χ2v) is 12.0. The Hall–Kier alpha value is -2.07. The molecule has 9 nitrogen and oxygen atoms in total. The minimum absolute atomic E-state index is 0.0620. The van der Waals surface area contributed by atoms with E-state index in [0.717, 1.165) is 44.1 Å². The van der Waals surface area contributed by atoms with Crippen molar-refractivity contribution in [1.29, 1.82) is 0 Å². The third-order valence-corrected chi connectivity index (χ3v) is 9.40. The molecular formula is C27H39N3O6. The van der Waals surface area contributed by atoms with E-state index < -0.39 is 12.4 Å². The molecule has 1 amide bonds. The number of hydrogen-bond acceptors (Lipinski definition) is 7. The van der Waals surface area contributed by atoms with Gasteiger partial charge in [0.05, 0.1) is 16.4 Å². The molecule has 4 saturated carbocycles. The molecule has 1 aromatic rings. The molecule has 6 atom stereocenters. The fourth-order valence-corrected chi connectivity index (χ4v) is 8.17. The quantitative estimate of drug-likeness (QED) is 0.284. The number of nitro benzene ring substituents is 1. The number of aliphatic hydroxyl groups excluding tert-OH is 2. The molecule has 4 aliphatic carbocycles. The first-order chi connectivity index (χ1) is 17.1. The lowest BCUT2D eigenvalue weighted by atomic mass is 9.42. The number of amides is 1. The summed E-state index contributed by atoms with van der Waals surface area (Å²) in [6, 6.07) is 6.85. The van der Waals surface area contributed by atoms with Crippen molar-refractivity contribution in [3.05, 3.63) is 39.9 Å². The van der Waals surface area contributed by atoms with Gasteiger partial charge in [-0.05, 0) is 94.7 Å². The van der Waals surface area contributed by atoms with E-state index in [2.05, 4.69) is 5.32 Å². The maximum Gasteiger partial charge on any atom is 0.269 e. The lowest BCUT2D eigenvalue weighted by Gasteiger charge is -2.61. The Balaban J connectivity index is 1.20. The predicted octanol–water partition coefficient (Wildman–Crippen LogP) is 2.73. The monoisotopic (exact) mass is 501 g/mol. The molecule has 1 aromatic carbocycles. The van der Waals surface area contributed by atoms with Gasteiger partial charge in [0.25, 0.3) is 5.69 Å². The highest BCUT2D eigenvalue weighted by atomic mass is 16.6. The number of aliphatic hydroxyl groups is 2. The van der Waals surface area contributed by atoms with Crippen LogP contribution in [0.1, 0.15) is 63.9 Å². The van der Waals surface area contributed by atoms with Crippen LogP contribution in [0.3, 0.4) is 0 Å². The molecule has 36 heavy (non-hydrogen) atoms. The Morgan fingerprint density at radius 1 is 1.17 bits per heavy atom. The van der Waals surface area contributed by atoms with E-state index in [1.165, 1.54) is 6.42 Å². The molecule has 5 fully saturated rings. The lowest BCUT2D eigenvalue weighted by Crippen LogP contribution is -2.59. The molecule has 5 aliphatic rings. The average molecular weight is 502 g/mol. The Bertz CT molecular complexity index is 970. The standard InChI is InChI=1S/C27H39N3O6/c1-17-10-22(23(31)24(32)36-17)29(2)9-3-8-28-25(33)27-14-18-11-19(15-27)13-26(12-18,16-27)20-4-6-21(7-5-20)30(34)35/h4-7,17-19,22-24,31-32H,3,8-16H2,1-2H3,(H,28,33)/t17-,18?,19?,22+,23-,24-,26?,27?/m1/s1. The number of benzene rings is 1. The molecule has 1 saturated heterocycles. The maximum atomic E-state index is 13.6. The summed E-state index contributed by atoms with van der Waals surface area (Å²) in [6.45, 7) is 3.17. The van der Waals surface area contributed by atoms with Crippen molar-refractivity contribution in [2.45, 2.75) is 88.2 Å². The van der Waals surface area contributed by atoms with Crippen LogP contribution in [0.4, 0.5) is 5.69 Å². The van der Waals surface area contributed by atoms with Crippen molar-refractivity contribution >= 4 is 11.6 Å². The highest BCUT2D eigenvalue weighted by molar-refractivity contribution is 5.83. The van der Waals surface area contributed by atoms with Gasteiger partial charge in [-0.2, -0.15) is 0 Å². The summed E-state index contributed by atoms with van der Waals surface area (Å²) in [6.07, 6.45) is 5.20. The molecule has 0 spiro atoms. The van der Waals surface area contributed by atoms with Crippen molar-refractivity contribution in [2.24, 2.45) is 17.3 Å². The fourth-order valence-electron chi connectivity index (χ4n) is 8.17. The zero-order chi connectivity index (χ0) is 25.7. The minimum atomic E-state index is -1.17. The van der Waals surface area contributed by atoms with Gasteiger partial charge in [0.1, 0.15) is 6.10 Å². The minimum Gasteiger partial charge on any atom is -0.386 e. The summed E-state index contributed by atoms with van der Waals surface area (Å²) in [7, 11) is 1.94. The molecular weight excluding hydrogens is 462 g/mol. The van der Waals surface area contributed by atoms with E-state index in [9.17, 15) is 25.1 Å². The SMILES string of the molecule is C[C@@H]1C[C@H](N(C)CCCNC(=O)C23CC4CC(C2)CC(c2ccc([N+](=O)[O-])cc2)(C4)C3)[C@@H](O)[C@H](O)O1. The summed E-state index contributed by atoms with van der Waals surface area (Å²) in [5, 5.41) is 34.6. The summed E-state index contributed by atoms with van der Waals surface area (Å²) in [5.41, 5.74) is 0.840. The Labute approximate surface area is 212 Å². The van der Waals surface area contributed by atoms with Crippen LogP contribution in [0.25, 0.3) is 0 Å². The lowest BCUT2D eigenvalue weighted by molar-refractivity contribution is -0.384. The number of carbonyl (C=O) groups is 1. The van der Waals surface area contributed by atoms with Gasteiger partial charge in [-0.3, -0.25) is 14.9 Å². The smallest absolute Gasteiger partial charge is 0.269 e. The van der Waals surface area contributed by atoms with Gasteiger partial charge in [0.2, 0.25) is 5.91 Å². The molecule has 1 heterocycles. The van der Waals surface area contributed by atoms with Crippen LogP contribution in [0.2, 0.25) is 0 Å². The van der Waals surface area contributed by atoms with Crippen LogP contribution in [0.5, 0.6) is 0 Å². The van der Waals surface area contributed by atoms with Crippen LogP contribution in [0, 0.1) is 27.4 Å². The largest absolute Gasteiger partial charge is 0.386 e. The zero-order valence-electron chi connectivity index (χ0n) is 21.3. The third kappa shape index (κ3) is 4.66. The number of ether oxygens (including phenoxy) is 1. The van der Waals surface area contributed by atoms with E-state index in [1.807, 2.05) is 31.0 Å². The van der Waals surface area contributed by atoms with Gasteiger partial charge in [0, 0.05) is 24.7 Å².